The molecule has 2 N–H and O–H groups in total. The van der Waals surface area contributed by atoms with Crippen LogP contribution in [0.25, 0.3) is 10.1 Å². The fourth-order valence-corrected chi connectivity index (χ4v) is 4.21. The fraction of sp³-hybridized carbons (Fsp3) is 0.333. The van der Waals surface area contributed by atoms with Crippen molar-refractivity contribution in [2.75, 3.05) is 5.73 Å². The Balaban J connectivity index is 2.49. The number of hydrogen-bond donors (Lipinski definition) is 1. The molecule has 0 amide bonds. The van der Waals surface area contributed by atoms with Crippen molar-refractivity contribution in [1.29, 1.82) is 0 Å². The van der Waals surface area contributed by atoms with Gasteiger partial charge in [-0.05, 0) is 6.07 Å². The minimum Gasteiger partial charge on any atom is -0.397 e. The largest absolute Gasteiger partial charge is 0.397 e. The van der Waals surface area contributed by atoms with E-state index in [1.165, 1.54) is 14.3 Å². The summed E-state index contributed by atoms with van der Waals surface area (Å²) >= 11 is 3.64. The molecule has 0 saturated carbocycles. The Morgan fingerprint density at radius 2 is 1.87 bits per heavy atom. The van der Waals surface area contributed by atoms with E-state index >= 15 is 0 Å². The van der Waals surface area contributed by atoms with Gasteiger partial charge in [-0.25, -0.2) is 0 Å². The van der Waals surface area contributed by atoms with E-state index in [0.717, 1.165) is 5.69 Å². The lowest BCUT2D eigenvalue weighted by molar-refractivity contribution is 0.804. The number of nitrogens with two attached hydrogens (primary N) is 1. The van der Waals surface area contributed by atoms with Gasteiger partial charge < -0.3 is 5.73 Å². The lowest BCUT2D eigenvalue weighted by Crippen LogP contribution is -2.06. The lowest BCUT2D eigenvalue weighted by Gasteiger charge is -2.16. The number of rotatable bonds is 1. The van der Waals surface area contributed by atoms with Crippen LogP contribution in [0, 0.1) is 0 Å². The van der Waals surface area contributed by atoms with Gasteiger partial charge in [-0.3, -0.25) is 0 Å². The van der Waals surface area contributed by atoms with Crippen molar-refractivity contribution < 1.29 is 0 Å². The molecule has 2 aromatic rings. The predicted octanol–water partition coefficient (Wildman–Crippen LogP) is 4.37. The SMILES string of the molecule is CC(C)(C)Sc1sc2ccccc2c1N. The molecule has 1 aromatic carbocycles. The molecule has 1 heterocycles. The Hall–Kier alpha value is -0.670. The second-order valence-electron chi connectivity index (χ2n) is 4.51. The molecule has 15 heavy (non-hydrogen) atoms. The van der Waals surface area contributed by atoms with Gasteiger partial charge in [-0.15, -0.1) is 23.1 Å². The Morgan fingerprint density at radius 3 is 2.47 bits per heavy atom. The number of thiophene rings is 1. The lowest BCUT2D eigenvalue weighted by atomic mass is 10.2. The van der Waals surface area contributed by atoms with Gasteiger partial charge in [-0.2, -0.15) is 0 Å². The Morgan fingerprint density at radius 1 is 1.20 bits per heavy atom. The summed E-state index contributed by atoms with van der Waals surface area (Å²) in [6.45, 7) is 6.63. The van der Waals surface area contributed by atoms with E-state index in [2.05, 4.69) is 39.0 Å². The maximum atomic E-state index is 6.14. The summed E-state index contributed by atoms with van der Waals surface area (Å²) in [5.74, 6) is 0. The van der Waals surface area contributed by atoms with Gasteiger partial charge in [-0.1, -0.05) is 39.0 Å². The highest BCUT2D eigenvalue weighted by molar-refractivity contribution is 8.02. The van der Waals surface area contributed by atoms with Crippen LogP contribution in [0.1, 0.15) is 20.8 Å². The molecular formula is C12H15NS2. The summed E-state index contributed by atoms with van der Waals surface area (Å²) in [5.41, 5.74) is 7.08. The molecule has 1 nitrogen and oxygen atoms in total. The van der Waals surface area contributed by atoms with E-state index in [-0.39, 0.29) is 4.75 Å². The zero-order valence-corrected chi connectivity index (χ0v) is 10.8. The second-order valence-corrected chi connectivity index (χ2v) is 7.66. The third kappa shape index (κ3) is 2.29. The van der Waals surface area contributed by atoms with Gasteiger partial charge in [0.05, 0.1) is 9.90 Å². The van der Waals surface area contributed by atoms with Crippen LogP contribution in [-0.2, 0) is 0 Å². The normalized spacial score (nSPS) is 12.2. The molecule has 0 aliphatic rings. The summed E-state index contributed by atoms with van der Waals surface area (Å²) in [4.78, 5) is 0. The highest BCUT2D eigenvalue weighted by Gasteiger charge is 2.17. The van der Waals surface area contributed by atoms with Crippen molar-refractivity contribution in [1.82, 2.24) is 0 Å². The third-order valence-corrected chi connectivity index (χ3v) is 4.50. The van der Waals surface area contributed by atoms with Gasteiger partial charge in [0.25, 0.3) is 0 Å². The van der Waals surface area contributed by atoms with Crippen molar-refractivity contribution in [3.63, 3.8) is 0 Å². The van der Waals surface area contributed by atoms with E-state index in [9.17, 15) is 0 Å². The number of nitrogen functional groups attached to an aromatic ring is 1. The summed E-state index contributed by atoms with van der Waals surface area (Å²) in [7, 11) is 0. The first-order chi connectivity index (χ1) is 6.97. The maximum absolute atomic E-state index is 6.14. The Bertz CT molecular complexity index is 480. The van der Waals surface area contributed by atoms with Crippen LogP contribution in [0.4, 0.5) is 5.69 Å². The molecule has 0 spiro atoms. The second kappa shape index (κ2) is 3.72. The first-order valence-electron chi connectivity index (χ1n) is 4.93. The number of benzene rings is 1. The van der Waals surface area contributed by atoms with Crippen molar-refractivity contribution >= 4 is 38.9 Å². The molecule has 0 bridgehead atoms. The standard InChI is InChI=1S/C12H15NS2/c1-12(2,3)15-11-10(13)8-6-4-5-7-9(8)14-11/h4-7H,13H2,1-3H3. The van der Waals surface area contributed by atoms with Crippen LogP contribution >= 0.6 is 23.1 Å². The van der Waals surface area contributed by atoms with Crippen LogP contribution < -0.4 is 5.73 Å². The van der Waals surface area contributed by atoms with Crippen LogP contribution in [0.15, 0.2) is 28.5 Å². The molecule has 0 atom stereocenters. The summed E-state index contributed by atoms with van der Waals surface area (Å²) in [5, 5.41) is 1.19. The third-order valence-electron chi connectivity index (χ3n) is 2.00. The van der Waals surface area contributed by atoms with E-state index < -0.39 is 0 Å². The molecule has 3 heteroatoms. The summed E-state index contributed by atoms with van der Waals surface area (Å²) < 4.78 is 2.74. The predicted molar refractivity (Wildman–Crippen MR) is 71.8 cm³/mol. The van der Waals surface area contributed by atoms with Crippen molar-refractivity contribution in [3.8, 4) is 0 Å². The average Bonchev–Trinajstić information content (AvgIpc) is 2.42. The molecule has 0 aliphatic carbocycles. The first kappa shape index (κ1) is 10.8. The quantitative estimate of drug-likeness (QED) is 0.745. The van der Waals surface area contributed by atoms with E-state index in [1.807, 2.05) is 17.8 Å². The molecule has 0 fully saturated rings. The minimum absolute atomic E-state index is 0.217. The smallest absolute Gasteiger partial charge is 0.0846 e. The van der Waals surface area contributed by atoms with E-state index in [0.29, 0.717) is 0 Å². The molecule has 0 aliphatic heterocycles. The number of hydrogen-bond acceptors (Lipinski definition) is 3. The molecule has 0 radical (unpaired) electrons. The Labute approximate surface area is 98.7 Å². The van der Waals surface area contributed by atoms with Crippen LogP contribution in [0.2, 0.25) is 0 Å². The van der Waals surface area contributed by atoms with E-state index in [1.54, 1.807) is 11.3 Å². The maximum Gasteiger partial charge on any atom is 0.0846 e. The zero-order valence-electron chi connectivity index (χ0n) is 9.20. The van der Waals surface area contributed by atoms with E-state index in [4.69, 9.17) is 5.73 Å². The topological polar surface area (TPSA) is 26.0 Å². The fourth-order valence-electron chi connectivity index (χ4n) is 1.40. The van der Waals surface area contributed by atoms with Crippen molar-refractivity contribution in [2.45, 2.75) is 29.7 Å². The van der Waals surface area contributed by atoms with Crippen LogP contribution in [0.5, 0.6) is 0 Å². The highest BCUT2D eigenvalue weighted by atomic mass is 32.2. The van der Waals surface area contributed by atoms with Gasteiger partial charge in [0.1, 0.15) is 0 Å². The first-order valence-corrected chi connectivity index (χ1v) is 6.57. The average molecular weight is 237 g/mol. The van der Waals surface area contributed by atoms with Gasteiger partial charge in [0, 0.05) is 14.8 Å². The molecule has 2 rings (SSSR count). The van der Waals surface area contributed by atoms with Crippen LogP contribution in [-0.4, -0.2) is 4.75 Å². The number of thioether (sulfide) groups is 1. The number of anilines is 1. The van der Waals surface area contributed by atoms with Gasteiger partial charge >= 0.3 is 0 Å². The number of fused-ring (bicyclic) bond motifs is 1. The minimum atomic E-state index is 0.217. The molecule has 0 unspecified atom stereocenters. The molecular weight excluding hydrogens is 222 g/mol. The molecule has 0 saturated heterocycles. The zero-order chi connectivity index (χ0) is 11.1. The molecule has 1 aromatic heterocycles. The highest BCUT2D eigenvalue weighted by Crippen LogP contribution is 2.44. The van der Waals surface area contributed by atoms with Gasteiger partial charge in [0.2, 0.25) is 0 Å². The van der Waals surface area contributed by atoms with Gasteiger partial charge in [0.15, 0.2) is 0 Å². The summed E-state index contributed by atoms with van der Waals surface area (Å²) in [6.07, 6.45) is 0. The molecule has 80 valence electrons. The van der Waals surface area contributed by atoms with Crippen molar-refractivity contribution in [2.24, 2.45) is 0 Å². The van der Waals surface area contributed by atoms with Crippen molar-refractivity contribution in [3.05, 3.63) is 24.3 Å². The van der Waals surface area contributed by atoms with Crippen LogP contribution in [0.3, 0.4) is 0 Å². The Kier molecular flexibility index (Phi) is 2.69. The monoisotopic (exact) mass is 237 g/mol. The summed E-state index contributed by atoms with van der Waals surface area (Å²) in [6, 6.07) is 8.32.